The van der Waals surface area contributed by atoms with Gasteiger partial charge in [-0.1, -0.05) is 20.7 Å². The number of aromatic nitrogens is 6. The van der Waals surface area contributed by atoms with Crippen molar-refractivity contribution < 1.29 is 19.1 Å². The zero-order valence-corrected chi connectivity index (χ0v) is 25.5. The smallest absolute Gasteiger partial charge is 0.275 e. The highest BCUT2D eigenvalue weighted by Gasteiger charge is 2.26. The second kappa shape index (κ2) is 12.7. The van der Waals surface area contributed by atoms with Crippen molar-refractivity contribution in [2.45, 2.75) is 45.3 Å². The van der Waals surface area contributed by atoms with Gasteiger partial charge in [-0.05, 0) is 43.4 Å². The molecule has 4 aromatic rings. The van der Waals surface area contributed by atoms with Crippen LogP contribution < -0.4 is 15.5 Å². The quantitative estimate of drug-likeness (QED) is 0.275. The van der Waals surface area contributed by atoms with Crippen LogP contribution in [0.5, 0.6) is 0 Å². The van der Waals surface area contributed by atoms with E-state index in [1.54, 1.807) is 29.8 Å². The first kappa shape index (κ1) is 29.8. The number of benzene rings is 1. The van der Waals surface area contributed by atoms with Crippen LogP contribution in [-0.4, -0.2) is 59.8 Å². The Morgan fingerprint density at radius 2 is 2.02 bits per heavy atom. The molecule has 2 N–H and O–H groups in total. The first-order chi connectivity index (χ1) is 20.2. The highest BCUT2D eigenvalue weighted by atomic mass is 31.1. The number of amides is 2. The molecule has 1 aliphatic rings. The van der Waals surface area contributed by atoms with Gasteiger partial charge in [0.25, 0.3) is 5.91 Å². The summed E-state index contributed by atoms with van der Waals surface area (Å²) in [5.41, 5.74) is 4.01. The van der Waals surface area contributed by atoms with Crippen LogP contribution in [0.4, 0.5) is 16.0 Å². The topological polar surface area (TPSA) is 139 Å². The number of hydrogen-bond acceptors (Lipinski definition) is 8. The van der Waals surface area contributed by atoms with E-state index in [1.807, 2.05) is 19.9 Å². The Morgan fingerprint density at radius 1 is 1.21 bits per heavy atom. The van der Waals surface area contributed by atoms with E-state index < -0.39 is 11.8 Å². The molecular weight excluding hydrogens is 577 g/mol. The Labute approximate surface area is 246 Å². The maximum atomic E-state index is 14.8. The average Bonchev–Trinajstić information content (AvgIpc) is 3.66. The number of hydrogen-bond donors (Lipinski definition) is 2. The van der Waals surface area contributed by atoms with Crippen molar-refractivity contribution in [3.63, 3.8) is 0 Å². The summed E-state index contributed by atoms with van der Waals surface area (Å²) >= 11 is 0. The molecular formula is C28H31FN8O3P2. The van der Waals surface area contributed by atoms with Crippen molar-refractivity contribution in [2.75, 3.05) is 23.4 Å². The molecule has 0 saturated carbocycles. The van der Waals surface area contributed by atoms with E-state index >= 15 is 0 Å². The normalized spacial score (nSPS) is 15.0. The van der Waals surface area contributed by atoms with Gasteiger partial charge in [-0.3, -0.25) is 24.2 Å². The lowest BCUT2D eigenvalue weighted by atomic mass is 10.0. The number of carbonyl (C=O) groups excluding carboxylic acids is 2. The van der Waals surface area contributed by atoms with E-state index in [0.717, 1.165) is 17.3 Å². The van der Waals surface area contributed by atoms with Gasteiger partial charge in [-0.15, -0.1) is 9.24 Å². The monoisotopic (exact) mass is 608 g/mol. The summed E-state index contributed by atoms with van der Waals surface area (Å²) in [5, 5.41) is 18.0. The van der Waals surface area contributed by atoms with Crippen LogP contribution in [0.25, 0.3) is 11.3 Å². The predicted octanol–water partition coefficient (Wildman–Crippen LogP) is 3.70. The molecule has 4 unspecified atom stereocenters. The molecule has 2 amide bonds. The standard InChI is InChI=1S/C28H31FN8O3P2/c1-15-6-7-18(26(29)42-3)24(25(15)41)20-11-30-12-21(34-20)27(40)33-17-9-32-37(13-17)16(2)19-10-31-28(35-22(19)14-38)36-8-4-5-23(36)39/h6-7,9-13,16,26,38,42H,4-5,8,14,41H2,1-3H3,(H,33,40). The Morgan fingerprint density at radius 3 is 2.74 bits per heavy atom. The number of anilines is 2. The second-order valence-electron chi connectivity index (χ2n) is 9.92. The van der Waals surface area contributed by atoms with Crippen LogP contribution in [-0.2, 0) is 11.4 Å². The van der Waals surface area contributed by atoms with Crippen LogP contribution >= 0.6 is 17.8 Å². The number of nitrogens with one attached hydrogen (secondary N) is 1. The molecule has 5 rings (SSSR count). The van der Waals surface area contributed by atoms with Crippen molar-refractivity contribution >= 4 is 46.6 Å². The second-order valence-corrected chi connectivity index (χ2v) is 11.6. The van der Waals surface area contributed by atoms with E-state index in [4.69, 9.17) is 0 Å². The van der Waals surface area contributed by atoms with E-state index in [1.165, 1.54) is 23.5 Å². The summed E-state index contributed by atoms with van der Waals surface area (Å²) in [6.45, 7) is 5.81. The summed E-state index contributed by atoms with van der Waals surface area (Å²) in [6.07, 6.45) is 8.82. The third-order valence-corrected chi connectivity index (χ3v) is 8.77. The van der Waals surface area contributed by atoms with Crippen LogP contribution in [0.15, 0.2) is 43.1 Å². The molecule has 1 fully saturated rings. The molecule has 1 saturated heterocycles. The molecule has 3 aromatic heterocycles. The molecule has 218 valence electrons. The molecule has 0 bridgehead atoms. The molecule has 0 spiro atoms. The number of nitrogens with zero attached hydrogens (tertiary/aromatic N) is 7. The maximum absolute atomic E-state index is 14.8. The third-order valence-electron chi connectivity index (χ3n) is 7.20. The van der Waals surface area contributed by atoms with Crippen LogP contribution in [0.3, 0.4) is 0 Å². The van der Waals surface area contributed by atoms with Gasteiger partial charge in [0.15, 0.2) is 0 Å². The lowest BCUT2D eigenvalue weighted by Gasteiger charge is -2.18. The molecule has 4 heterocycles. The summed E-state index contributed by atoms with van der Waals surface area (Å²) in [6, 6.07) is 3.25. The van der Waals surface area contributed by atoms with Gasteiger partial charge < -0.3 is 10.4 Å². The third kappa shape index (κ3) is 5.93. The summed E-state index contributed by atoms with van der Waals surface area (Å²) < 4.78 is 16.5. The molecule has 0 aliphatic carbocycles. The van der Waals surface area contributed by atoms with Crippen LogP contribution in [0, 0.1) is 6.92 Å². The van der Waals surface area contributed by atoms with Gasteiger partial charge in [0.1, 0.15) is 11.6 Å². The predicted molar refractivity (Wildman–Crippen MR) is 163 cm³/mol. The molecule has 14 heteroatoms. The van der Waals surface area contributed by atoms with Crippen molar-refractivity contribution in [2.24, 2.45) is 0 Å². The van der Waals surface area contributed by atoms with Gasteiger partial charge >= 0.3 is 0 Å². The number of aliphatic hydroxyl groups is 1. The lowest BCUT2D eigenvalue weighted by molar-refractivity contribution is -0.117. The number of carbonyl (C=O) groups is 2. The molecule has 11 nitrogen and oxygen atoms in total. The largest absolute Gasteiger partial charge is 0.390 e. The number of halogens is 1. The fourth-order valence-electron chi connectivity index (χ4n) is 4.82. The van der Waals surface area contributed by atoms with E-state index in [9.17, 15) is 19.1 Å². The zero-order valence-electron chi connectivity index (χ0n) is 23.4. The highest BCUT2D eigenvalue weighted by Crippen LogP contribution is 2.38. The van der Waals surface area contributed by atoms with Gasteiger partial charge in [0.2, 0.25) is 11.9 Å². The summed E-state index contributed by atoms with van der Waals surface area (Å²) in [4.78, 5) is 44.3. The van der Waals surface area contributed by atoms with E-state index in [-0.39, 0.29) is 38.8 Å². The van der Waals surface area contributed by atoms with Crippen molar-refractivity contribution in [3.8, 4) is 11.3 Å². The molecule has 1 aromatic carbocycles. The molecule has 0 radical (unpaired) electrons. The lowest BCUT2D eigenvalue weighted by Crippen LogP contribution is -2.26. The van der Waals surface area contributed by atoms with E-state index in [2.05, 4.69) is 39.6 Å². The Hall–Kier alpha value is -3.72. The van der Waals surface area contributed by atoms with E-state index in [0.29, 0.717) is 46.7 Å². The zero-order chi connectivity index (χ0) is 30.0. The van der Waals surface area contributed by atoms with Crippen molar-refractivity contribution in [1.29, 1.82) is 0 Å². The fraction of sp³-hybridized carbons (Fsp3) is 0.321. The minimum absolute atomic E-state index is 0.0383. The maximum Gasteiger partial charge on any atom is 0.275 e. The molecule has 42 heavy (non-hydrogen) atoms. The Bertz CT molecular complexity index is 1650. The first-order valence-corrected chi connectivity index (χ1v) is 15.5. The van der Waals surface area contributed by atoms with Crippen molar-refractivity contribution in [3.05, 3.63) is 71.2 Å². The van der Waals surface area contributed by atoms with Gasteiger partial charge in [0.05, 0.1) is 48.3 Å². The van der Waals surface area contributed by atoms with Gasteiger partial charge in [0, 0.05) is 36.5 Å². The van der Waals surface area contributed by atoms with Crippen molar-refractivity contribution in [1.82, 2.24) is 29.7 Å². The summed E-state index contributed by atoms with van der Waals surface area (Å²) in [5.74, 6) is -1.41. The Kier molecular flexibility index (Phi) is 8.96. The van der Waals surface area contributed by atoms with Crippen LogP contribution in [0.2, 0.25) is 0 Å². The summed E-state index contributed by atoms with van der Waals surface area (Å²) in [7, 11) is 2.70. The number of aliphatic hydroxyl groups excluding tert-OH is 1. The first-order valence-electron chi connectivity index (χ1n) is 13.4. The average molecular weight is 609 g/mol. The highest BCUT2D eigenvalue weighted by molar-refractivity contribution is 7.37. The minimum Gasteiger partial charge on any atom is -0.390 e. The molecule has 4 atom stereocenters. The van der Waals surface area contributed by atoms with Gasteiger partial charge in [-0.25, -0.2) is 19.3 Å². The number of rotatable bonds is 9. The number of aryl methyl sites for hydroxylation is 1. The Balaban J connectivity index is 1.35. The fourth-order valence-corrected chi connectivity index (χ4v) is 5.78. The SMILES string of the molecule is CPC(F)c1ccc(C)c(P)c1-c1cncc(C(=O)Nc2cnn(C(C)c3cnc(N4CCCC4=O)nc3CO)c2)n1. The minimum atomic E-state index is -1.15. The number of alkyl halides is 1. The molecule has 1 aliphatic heterocycles. The van der Waals surface area contributed by atoms with Crippen LogP contribution in [0.1, 0.15) is 64.6 Å². The van der Waals surface area contributed by atoms with Gasteiger partial charge in [-0.2, -0.15) is 5.10 Å².